The van der Waals surface area contributed by atoms with Gasteiger partial charge in [0.25, 0.3) is 0 Å². The Hall–Kier alpha value is -3.96. The SMILES string of the molecule is N=C(N)c1ccc2ccc(CN3CCN(Cc4ccc(-c5ccccc5)cc4)CC3=O)cc2c1. The highest BCUT2D eigenvalue weighted by atomic mass is 16.2. The van der Waals surface area contributed by atoms with E-state index in [0.29, 0.717) is 25.2 Å². The molecule has 1 saturated heterocycles. The van der Waals surface area contributed by atoms with E-state index in [1.165, 1.54) is 16.7 Å². The molecular weight excluding hydrogens is 420 g/mol. The lowest BCUT2D eigenvalue weighted by atomic mass is 10.0. The first-order valence-corrected chi connectivity index (χ1v) is 11.6. The molecule has 0 aliphatic carbocycles. The van der Waals surface area contributed by atoms with Crippen LogP contribution in [0.15, 0.2) is 91.0 Å². The smallest absolute Gasteiger partial charge is 0.237 e. The summed E-state index contributed by atoms with van der Waals surface area (Å²) in [5.41, 5.74) is 11.1. The molecule has 0 saturated carbocycles. The van der Waals surface area contributed by atoms with Gasteiger partial charge in [-0.05, 0) is 45.2 Å². The number of hydrogen-bond acceptors (Lipinski definition) is 3. The number of amidine groups is 1. The molecule has 0 spiro atoms. The zero-order valence-corrected chi connectivity index (χ0v) is 19.1. The molecule has 0 aromatic heterocycles. The standard InChI is InChI=1S/C29H28N4O/c30-29(31)26-13-12-25-11-8-22(16-27(25)17-26)19-33-15-14-32(20-28(33)34)18-21-6-9-24(10-7-21)23-4-2-1-3-5-23/h1-13,16-17H,14-15,18-20H2,(H3,30,31). The van der Waals surface area contributed by atoms with E-state index in [1.807, 2.05) is 29.2 Å². The zero-order valence-electron chi connectivity index (χ0n) is 19.1. The number of amides is 1. The van der Waals surface area contributed by atoms with Crippen molar-refractivity contribution in [3.8, 4) is 11.1 Å². The van der Waals surface area contributed by atoms with E-state index >= 15 is 0 Å². The maximum atomic E-state index is 12.9. The normalized spacial score (nSPS) is 14.5. The highest BCUT2D eigenvalue weighted by Crippen LogP contribution is 2.22. The van der Waals surface area contributed by atoms with Crippen molar-refractivity contribution >= 4 is 22.5 Å². The maximum Gasteiger partial charge on any atom is 0.237 e. The van der Waals surface area contributed by atoms with Gasteiger partial charge in [-0.1, -0.05) is 78.9 Å². The minimum absolute atomic E-state index is 0.0632. The predicted molar refractivity (Wildman–Crippen MR) is 138 cm³/mol. The van der Waals surface area contributed by atoms with Gasteiger partial charge in [0.2, 0.25) is 5.91 Å². The van der Waals surface area contributed by atoms with Crippen molar-refractivity contribution in [1.82, 2.24) is 9.80 Å². The summed E-state index contributed by atoms with van der Waals surface area (Å²) >= 11 is 0. The van der Waals surface area contributed by atoms with Gasteiger partial charge in [-0.15, -0.1) is 0 Å². The third-order valence-corrected chi connectivity index (χ3v) is 6.45. The largest absolute Gasteiger partial charge is 0.384 e. The van der Waals surface area contributed by atoms with Crippen LogP contribution in [-0.4, -0.2) is 41.2 Å². The summed E-state index contributed by atoms with van der Waals surface area (Å²) in [6.07, 6.45) is 0. The van der Waals surface area contributed by atoms with Gasteiger partial charge in [0.1, 0.15) is 5.84 Å². The highest BCUT2D eigenvalue weighted by Gasteiger charge is 2.24. The lowest BCUT2D eigenvalue weighted by molar-refractivity contribution is -0.136. The number of piperazine rings is 1. The second-order valence-corrected chi connectivity index (χ2v) is 8.90. The van der Waals surface area contributed by atoms with Crippen LogP contribution in [0.2, 0.25) is 0 Å². The summed E-state index contributed by atoms with van der Waals surface area (Å²) in [5, 5.41) is 9.80. The Morgan fingerprint density at radius 3 is 2.21 bits per heavy atom. The van der Waals surface area contributed by atoms with Crippen molar-refractivity contribution in [3.05, 3.63) is 108 Å². The molecule has 0 unspecified atom stereocenters. The van der Waals surface area contributed by atoms with Crippen LogP contribution < -0.4 is 5.73 Å². The first kappa shape index (κ1) is 21.9. The Kier molecular flexibility index (Phi) is 6.11. The fourth-order valence-electron chi connectivity index (χ4n) is 4.53. The van der Waals surface area contributed by atoms with Crippen molar-refractivity contribution in [3.63, 3.8) is 0 Å². The zero-order chi connectivity index (χ0) is 23.5. The van der Waals surface area contributed by atoms with E-state index in [-0.39, 0.29) is 11.7 Å². The molecule has 1 heterocycles. The Bertz CT molecular complexity index is 1330. The molecule has 0 atom stereocenters. The number of carbonyl (C=O) groups is 1. The number of rotatable bonds is 6. The third kappa shape index (κ3) is 4.85. The van der Waals surface area contributed by atoms with Crippen LogP contribution in [0.5, 0.6) is 0 Å². The number of hydrogen-bond donors (Lipinski definition) is 2. The van der Waals surface area contributed by atoms with Crippen LogP contribution in [0.25, 0.3) is 21.9 Å². The molecule has 3 N–H and O–H groups in total. The summed E-state index contributed by atoms with van der Waals surface area (Å²) in [6.45, 7) is 3.38. The van der Waals surface area contributed by atoms with E-state index in [0.717, 1.165) is 29.4 Å². The first-order valence-electron chi connectivity index (χ1n) is 11.6. The fraction of sp³-hybridized carbons (Fsp3) is 0.172. The molecule has 0 bridgehead atoms. The number of nitrogens with one attached hydrogen (secondary N) is 1. The molecule has 170 valence electrons. The number of nitrogens with two attached hydrogens (primary N) is 1. The van der Waals surface area contributed by atoms with Gasteiger partial charge in [0, 0.05) is 31.7 Å². The van der Waals surface area contributed by atoms with Crippen molar-refractivity contribution in [2.45, 2.75) is 13.1 Å². The minimum atomic E-state index is 0.0632. The molecule has 1 amide bonds. The second-order valence-electron chi connectivity index (χ2n) is 8.90. The maximum absolute atomic E-state index is 12.9. The van der Waals surface area contributed by atoms with Gasteiger partial charge in [0.15, 0.2) is 0 Å². The molecule has 1 aliphatic heterocycles. The van der Waals surface area contributed by atoms with Crippen LogP contribution in [0.4, 0.5) is 0 Å². The lowest BCUT2D eigenvalue weighted by Gasteiger charge is -2.34. The average Bonchev–Trinajstić information content (AvgIpc) is 2.86. The first-order chi connectivity index (χ1) is 16.5. The fourth-order valence-corrected chi connectivity index (χ4v) is 4.53. The van der Waals surface area contributed by atoms with Crippen LogP contribution in [0.3, 0.4) is 0 Å². The van der Waals surface area contributed by atoms with Crippen molar-refractivity contribution in [1.29, 1.82) is 5.41 Å². The van der Waals surface area contributed by atoms with Gasteiger partial charge in [-0.3, -0.25) is 15.1 Å². The van der Waals surface area contributed by atoms with E-state index < -0.39 is 0 Å². The number of benzene rings is 4. The van der Waals surface area contributed by atoms with E-state index in [9.17, 15) is 4.79 Å². The van der Waals surface area contributed by atoms with E-state index in [2.05, 4.69) is 71.6 Å². The molecular formula is C29H28N4O. The molecule has 4 aromatic carbocycles. The Balaban J connectivity index is 1.20. The second kappa shape index (κ2) is 9.49. The highest BCUT2D eigenvalue weighted by molar-refractivity contribution is 5.99. The van der Waals surface area contributed by atoms with Crippen molar-refractivity contribution in [2.75, 3.05) is 19.6 Å². The van der Waals surface area contributed by atoms with E-state index in [4.69, 9.17) is 11.1 Å². The molecule has 34 heavy (non-hydrogen) atoms. The summed E-state index contributed by atoms with van der Waals surface area (Å²) in [6, 6.07) is 31.0. The lowest BCUT2D eigenvalue weighted by Crippen LogP contribution is -2.49. The van der Waals surface area contributed by atoms with Crippen LogP contribution in [0, 0.1) is 5.41 Å². The monoisotopic (exact) mass is 448 g/mol. The van der Waals surface area contributed by atoms with Crippen LogP contribution >= 0.6 is 0 Å². The quantitative estimate of drug-likeness (QED) is 0.334. The summed E-state index contributed by atoms with van der Waals surface area (Å²) in [4.78, 5) is 17.0. The van der Waals surface area contributed by atoms with Gasteiger partial charge in [-0.25, -0.2) is 0 Å². The number of nitrogens with zero attached hydrogens (tertiary/aromatic N) is 2. The minimum Gasteiger partial charge on any atom is -0.384 e. The predicted octanol–water partition coefficient (Wildman–Crippen LogP) is 4.64. The topological polar surface area (TPSA) is 73.4 Å². The summed E-state index contributed by atoms with van der Waals surface area (Å²) in [5.74, 6) is 0.220. The molecule has 5 nitrogen and oxygen atoms in total. The Morgan fingerprint density at radius 1 is 0.765 bits per heavy atom. The number of carbonyl (C=O) groups excluding carboxylic acids is 1. The van der Waals surface area contributed by atoms with Crippen LogP contribution in [0.1, 0.15) is 16.7 Å². The van der Waals surface area contributed by atoms with E-state index in [1.54, 1.807) is 0 Å². The van der Waals surface area contributed by atoms with Gasteiger partial charge < -0.3 is 10.6 Å². The number of nitrogen functional groups attached to an aromatic ring is 1. The van der Waals surface area contributed by atoms with Gasteiger partial charge in [-0.2, -0.15) is 0 Å². The van der Waals surface area contributed by atoms with Crippen molar-refractivity contribution in [2.24, 2.45) is 5.73 Å². The molecule has 1 fully saturated rings. The van der Waals surface area contributed by atoms with Gasteiger partial charge >= 0.3 is 0 Å². The molecule has 0 radical (unpaired) electrons. The number of fused-ring (bicyclic) bond motifs is 1. The third-order valence-electron chi connectivity index (χ3n) is 6.45. The van der Waals surface area contributed by atoms with Gasteiger partial charge in [0.05, 0.1) is 6.54 Å². The Labute approximate surface area is 199 Å². The average molecular weight is 449 g/mol. The van der Waals surface area contributed by atoms with Crippen LogP contribution in [-0.2, 0) is 17.9 Å². The summed E-state index contributed by atoms with van der Waals surface area (Å²) < 4.78 is 0. The Morgan fingerprint density at radius 2 is 1.47 bits per heavy atom. The molecule has 5 heteroatoms. The summed E-state index contributed by atoms with van der Waals surface area (Å²) in [7, 11) is 0. The molecule has 1 aliphatic rings. The molecule has 5 rings (SSSR count). The molecule has 4 aromatic rings. The van der Waals surface area contributed by atoms with Crippen molar-refractivity contribution < 1.29 is 4.79 Å².